The molecule has 0 aliphatic carbocycles. The third kappa shape index (κ3) is 2.83. The Bertz CT molecular complexity index is 723. The number of rotatable bonds is 3. The lowest BCUT2D eigenvalue weighted by molar-refractivity contribution is -0.387. The van der Waals surface area contributed by atoms with E-state index in [0.29, 0.717) is 0 Å². The predicted molar refractivity (Wildman–Crippen MR) is 65.9 cm³/mol. The number of amides is 1. The highest BCUT2D eigenvalue weighted by Gasteiger charge is 2.17. The summed E-state index contributed by atoms with van der Waals surface area (Å²) in [5.74, 6) is -1.69. The highest BCUT2D eigenvalue weighted by Crippen LogP contribution is 2.19. The fourth-order valence-electron chi connectivity index (χ4n) is 1.40. The Morgan fingerprint density at radius 2 is 2.10 bits per heavy atom. The average molecular weight is 278 g/mol. The minimum absolute atomic E-state index is 0.0570. The molecule has 0 bridgehead atoms. The molecule has 9 heteroatoms. The van der Waals surface area contributed by atoms with E-state index in [1.54, 1.807) is 0 Å². The summed E-state index contributed by atoms with van der Waals surface area (Å²) in [7, 11) is 0. The van der Waals surface area contributed by atoms with E-state index < -0.39 is 27.9 Å². The number of halogens is 1. The summed E-state index contributed by atoms with van der Waals surface area (Å²) in [6.07, 6.45) is 0. The van der Waals surface area contributed by atoms with Gasteiger partial charge in [0.2, 0.25) is 5.82 Å². The lowest BCUT2D eigenvalue weighted by Crippen LogP contribution is -2.16. The van der Waals surface area contributed by atoms with Gasteiger partial charge in [-0.05, 0) is 18.2 Å². The van der Waals surface area contributed by atoms with Crippen LogP contribution in [-0.4, -0.2) is 21.0 Å². The van der Waals surface area contributed by atoms with Gasteiger partial charge in [0.1, 0.15) is 0 Å². The number of nitrogens with one attached hydrogen (secondary N) is 2. The maximum atomic E-state index is 13.1. The third-order valence-corrected chi connectivity index (χ3v) is 2.33. The maximum absolute atomic E-state index is 13.1. The van der Waals surface area contributed by atoms with Crippen LogP contribution in [0, 0.1) is 15.9 Å². The van der Waals surface area contributed by atoms with Crippen molar-refractivity contribution in [3.8, 4) is 0 Å². The SMILES string of the molecule is O=C(Nc1ccc(=O)[nH]n1)c1ccc(F)c([N+](=O)[O-])c1. The molecule has 2 aromatic rings. The second-order valence-corrected chi connectivity index (χ2v) is 3.68. The van der Waals surface area contributed by atoms with E-state index in [-0.39, 0.29) is 11.4 Å². The number of benzene rings is 1. The van der Waals surface area contributed by atoms with Crippen LogP contribution in [0.5, 0.6) is 0 Å². The van der Waals surface area contributed by atoms with E-state index in [1.807, 2.05) is 0 Å². The molecule has 0 unspecified atom stereocenters. The van der Waals surface area contributed by atoms with Crippen LogP contribution in [0.1, 0.15) is 10.4 Å². The van der Waals surface area contributed by atoms with Gasteiger partial charge >= 0.3 is 5.69 Å². The number of hydrogen-bond acceptors (Lipinski definition) is 5. The summed E-state index contributed by atoms with van der Waals surface area (Å²) in [5.41, 5.74) is -1.35. The number of anilines is 1. The lowest BCUT2D eigenvalue weighted by Gasteiger charge is -2.03. The summed E-state index contributed by atoms with van der Waals surface area (Å²) in [6.45, 7) is 0. The van der Waals surface area contributed by atoms with E-state index in [1.165, 1.54) is 6.07 Å². The van der Waals surface area contributed by atoms with Crippen molar-refractivity contribution in [2.24, 2.45) is 0 Å². The van der Waals surface area contributed by atoms with Gasteiger partial charge in [-0.15, -0.1) is 0 Å². The van der Waals surface area contributed by atoms with Crippen molar-refractivity contribution < 1.29 is 14.1 Å². The monoisotopic (exact) mass is 278 g/mol. The topological polar surface area (TPSA) is 118 Å². The molecule has 8 nitrogen and oxygen atoms in total. The number of aromatic nitrogens is 2. The number of nitro groups is 1. The molecule has 0 saturated carbocycles. The molecule has 0 saturated heterocycles. The molecule has 1 aromatic heterocycles. The normalized spacial score (nSPS) is 10.1. The first-order chi connectivity index (χ1) is 9.47. The molecule has 0 spiro atoms. The summed E-state index contributed by atoms with van der Waals surface area (Å²) >= 11 is 0. The Morgan fingerprint density at radius 3 is 2.70 bits per heavy atom. The Kier molecular flexibility index (Phi) is 3.51. The fraction of sp³-hybridized carbons (Fsp3) is 0. The molecule has 0 radical (unpaired) electrons. The van der Waals surface area contributed by atoms with Crippen LogP contribution in [-0.2, 0) is 0 Å². The highest BCUT2D eigenvalue weighted by molar-refractivity contribution is 6.04. The molecule has 1 heterocycles. The molecular formula is C11H7FN4O4. The second-order valence-electron chi connectivity index (χ2n) is 3.68. The number of H-pyrrole nitrogens is 1. The Hall–Kier alpha value is -3.10. The molecule has 20 heavy (non-hydrogen) atoms. The first-order valence-corrected chi connectivity index (χ1v) is 5.28. The van der Waals surface area contributed by atoms with Crippen LogP contribution in [0.25, 0.3) is 0 Å². The van der Waals surface area contributed by atoms with Gasteiger partial charge in [-0.3, -0.25) is 19.7 Å². The molecule has 0 fully saturated rings. The second kappa shape index (κ2) is 5.26. The first kappa shape index (κ1) is 13.3. The molecule has 1 aromatic carbocycles. The van der Waals surface area contributed by atoms with Gasteiger partial charge in [-0.1, -0.05) is 0 Å². The molecule has 0 aliphatic heterocycles. The van der Waals surface area contributed by atoms with Crippen molar-refractivity contribution in [1.82, 2.24) is 10.2 Å². The van der Waals surface area contributed by atoms with Crippen molar-refractivity contribution in [3.63, 3.8) is 0 Å². The quantitative estimate of drug-likeness (QED) is 0.643. The summed E-state index contributed by atoms with van der Waals surface area (Å²) in [6, 6.07) is 5.15. The van der Waals surface area contributed by atoms with Crippen molar-refractivity contribution in [3.05, 3.63) is 62.2 Å². The summed E-state index contributed by atoms with van der Waals surface area (Å²) < 4.78 is 13.1. The molecule has 2 N–H and O–H groups in total. The van der Waals surface area contributed by atoms with Crippen LogP contribution < -0.4 is 10.9 Å². The first-order valence-electron chi connectivity index (χ1n) is 5.28. The van der Waals surface area contributed by atoms with Crippen LogP contribution >= 0.6 is 0 Å². The molecule has 0 atom stereocenters. The van der Waals surface area contributed by atoms with Gasteiger partial charge in [-0.2, -0.15) is 9.49 Å². The molecule has 0 aliphatic rings. The number of carbonyl (C=O) groups excluding carboxylic acids is 1. The largest absolute Gasteiger partial charge is 0.305 e. The lowest BCUT2D eigenvalue weighted by atomic mass is 10.2. The smallest absolute Gasteiger partial charge is 0.305 e. The Morgan fingerprint density at radius 1 is 1.35 bits per heavy atom. The zero-order valence-electron chi connectivity index (χ0n) is 9.79. The number of nitrogens with zero attached hydrogens (tertiary/aromatic N) is 2. The van der Waals surface area contributed by atoms with Crippen LogP contribution in [0.3, 0.4) is 0 Å². The van der Waals surface area contributed by atoms with Crippen molar-refractivity contribution in [2.45, 2.75) is 0 Å². The zero-order valence-corrected chi connectivity index (χ0v) is 9.79. The molecule has 2 rings (SSSR count). The van der Waals surface area contributed by atoms with Crippen molar-refractivity contribution >= 4 is 17.4 Å². The number of aromatic amines is 1. The molecule has 1 amide bonds. The Balaban J connectivity index is 2.25. The van der Waals surface area contributed by atoms with Crippen LogP contribution in [0.2, 0.25) is 0 Å². The number of carbonyl (C=O) groups is 1. The third-order valence-electron chi connectivity index (χ3n) is 2.33. The standard InChI is InChI=1S/C11H7FN4O4/c12-7-2-1-6(5-8(7)16(19)20)11(18)13-9-3-4-10(17)15-14-9/h1-5H,(H,15,17)(H,13,14,18). The van der Waals surface area contributed by atoms with Crippen LogP contribution in [0.15, 0.2) is 35.1 Å². The zero-order chi connectivity index (χ0) is 14.7. The van der Waals surface area contributed by atoms with Gasteiger partial charge in [0.05, 0.1) is 4.92 Å². The van der Waals surface area contributed by atoms with Gasteiger partial charge in [0, 0.05) is 17.7 Å². The van der Waals surface area contributed by atoms with Crippen molar-refractivity contribution in [2.75, 3.05) is 5.32 Å². The van der Waals surface area contributed by atoms with Gasteiger partial charge in [-0.25, -0.2) is 5.10 Å². The van der Waals surface area contributed by atoms with Crippen LogP contribution in [0.4, 0.5) is 15.9 Å². The van der Waals surface area contributed by atoms with E-state index in [2.05, 4.69) is 15.5 Å². The molecular weight excluding hydrogens is 271 g/mol. The van der Waals surface area contributed by atoms with E-state index in [0.717, 1.165) is 24.3 Å². The fourth-order valence-corrected chi connectivity index (χ4v) is 1.40. The average Bonchev–Trinajstić information content (AvgIpc) is 2.41. The molecule has 102 valence electrons. The van der Waals surface area contributed by atoms with Gasteiger partial charge in [0.15, 0.2) is 5.82 Å². The number of nitro benzene ring substituents is 1. The van der Waals surface area contributed by atoms with Crippen molar-refractivity contribution in [1.29, 1.82) is 0 Å². The summed E-state index contributed by atoms with van der Waals surface area (Å²) in [5, 5.41) is 18.5. The van der Waals surface area contributed by atoms with E-state index in [9.17, 15) is 24.1 Å². The minimum atomic E-state index is -1.03. The highest BCUT2D eigenvalue weighted by atomic mass is 19.1. The number of hydrogen-bond donors (Lipinski definition) is 2. The van der Waals surface area contributed by atoms with E-state index >= 15 is 0 Å². The van der Waals surface area contributed by atoms with Gasteiger partial charge < -0.3 is 5.32 Å². The summed E-state index contributed by atoms with van der Waals surface area (Å²) in [4.78, 5) is 32.2. The predicted octanol–water partition coefficient (Wildman–Crippen LogP) is 1.07. The maximum Gasteiger partial charge on any atom is 0.305 e. The van der Waals surface area contributed by atoms with E-state index in [4.69, 9.17) is 0 Å². The Labute approximate surface area is 110 Å². The van der Waals surface area contributed by atoms with Gasteiger partial charge in [0.25, 0.3) is 11.5 Å². The minimum Gasteiger partial charge on any atom is -0.305 e.